The first-order chi connectivity index (χ1) is 8.34. The van der Waals surface area contributed by atoms with Crippen LogP contribution in [0.2, 0.25) is 0 Å². The monoisotopic (exact) mass is 227 g/mol. The van der Waals surface area contributed by atoms with Gasteiger partial charge in [0.15, 0.2) is 0 Å². The van der Waals surface area contributed by atoms with Crippen LogP contribution in [0.15, 0.2) is 48.9 Å². The average molecular weight is 227 g/mol. The Balaban J connectivity index is 1.83. The van der Waals surface area contributed by atoms with Crippen molar-refractivity contribution in [1.29, 1.82) is 0 Å². The van der Waals surface area contributed by atoms with Crippen molar-refractivity contribution in [3.05, 3.63) is 54.5 Å². The third-order valence-electron chi connectivity index (χ3n) is 2.30. The van der Waals surface area contributed by atoms with E-state index in [0.717, 1.165) is 5.56 Å². The molecule has 0 aliphatic rings. The molecule has 0 fully saturated rings. The second kappa shape index (κ2) is 5.75. The zero-order valence-electron chi connectivity index (χ0n) is 9.34. The van der Waals surface area contributed by atoms with Crippen molar-refractivity contribution in [3.63, 3.8) is 0 Å². The molecule has 2 rings (SSSR count). The highest BCUT2D eigenvalue weighted by atomic mass is 16.1. The van der Waals surface area contributed by atoms with E-state index in [1.54, 1.807) is 24.7 Å². The fourth-order valence-electron chi connectivity index (χ4n) is 1.45. The van der Waals surface area contributed by atoms with Crippen molar-refractivity contribution in [2.45, 2.75) is 12.8 Å². The predicted octanol–water partition coefficient (Wildman–Crippen LogP) is 2.05. The molecule has 0 aromatic carbocycles. The van der Waals surface area contributed by atoms with E-state index in [0.29, 0.717) is 18.7 Å². The summed E-state index contributed by atoms with van der Waals surface area (Å²) in [4.78, 5) is 19.6. The minimum atomic E-state index is -0.0347. The lowest BCUT2D eigenvalue weighted by atomic mass is 10.1. The largest absolute Gasteiger partial charge is 0.311 e. The molecule has 0 aliphatic carbocycles. The van der Waals surface area contributed by atoms with Crippen molar-refractivity contribution in [3.8, 4) is 0 Å². The number of aryl methyl sites for hydroxylation is 1. The van der Waals surface area contributed by atoms with Crippen LogP contribution in [0.4, 0.5) is 5.82 Å². The average Bonchev–Trinajstić information content (AvgIpc) is 2.39. The number of nitrogens with one attached hydrogen (secondary N) is 1. The maximum absolute atomic E-state index is 11.6. The van der Waals surface area contributed by atoms with Crippen molar-refractivity contribution >= 4 is 11.7 Å². The van der Waals surface area contributed by atoms with Gasteiger partial charge in [0, 0.05) is 25.0 Å². The van der Waals surface area contributed by atoms with E-state index in [2.05, 4.69) is 15.3 Å². The standard InChI is InChI=1S/C13H13N3O/c17-13(16-12-5-1-2-9-15-12)7-6-11-4-3-8-14-10-11/h1-5,8-10H,6-7H2,(H,15,16,17). The van der Waals surface area contributed by atoms with E-state index >= 15 is 0 Å². The smallest absolute Gasteiger partial charge is 0.225 e. The number of carbonyl (C=O) groups excluding carboxylic acids is 1. The highest BCUT2D eigenvalue weighted by Crippen LogP contribution is 2.04. The summed E-state index contributed by atoms with van der Waals surface area (Å²) < 4.78 is 0. The molecule has 0 atom stereocenters. The Labute approximate surface area is 99.7 Å². The number of hydrogen-bond donors (Lipinski definition) is 1. The van der Waals surface area contributed by atoms with E-state index in [-0.39, 0.29) is 5.91 Å². The van der Waals surface area contributed by atoms with Gasteiger partial charge in [-0.2, -0.15) is 0 Å². The van der Waals surface area contributed by atoms with Crippen LogP contribution in [0, 0.1) is 0 Å². The molecule has 0 spiro atoms. The molecule has 1 amide bonds. The van der Waals surface area contributed by atoms with Crippen LogP contribution >= 0.6 is 0 Å². The Morgan fingerprint density at radius 1 is 1.18 bits per heavy atom. The lowest BCUT2D eigenvalue weighted by Gasteiger charge is -2.03. The molecule has 0 radical (unpaired) electrons. The molecule has 2 heterocycles. The van der Waals surface area contributed by atoms with Gasteiger partial charge < -0.3 is 5.32 Å². The van der Waals surface area contributed by atoms with Crippen molar-refractivity contribution in [1.82, 2.24) is 9.97 Å². The van der Waals surface area contributed by atoms with Crippen molar-refractivity contribution in [2.75, 3.05) is 5.32 Å². The second-order valence-electron chi connectivity index (χ2n) is 3.62. The molecule has 4 heteroatoms. The molecule has 0 saturated carbocycles. The molecular formula is C13H13N3O. The van der Waals surface area contributed by atoms with E-state index in [1.165, 1.54) is 0 Å². The third-order valence-corrected chi connectivity index (χ3v) is 2.30. The van der Waals surface area contributed by atoms with Crippen LogP contribution < -0.4 is 5.32 Å². The number of pyridine rings is 2. The summed E-state index contributed by atoms with van der Waals surface area (Å²) in [6.07, 6.45) is 6.26. The highest BCUT2D eigenvalue weighted by molar-refractivity contribution is 5.89. The first-order valence-electron chi connectivity index (χ1n) is 5.44. The van der Waals surface area contributed by atoms with Gasteiger partial charge in [0.25, 0.3) is 0 Å². The molecule has 0 saturated heterocycles. The summed E-state index contributed by atoms with van der Waals surface area (Å²) >= 11 is 0. The molecule has 86 valence electrons. The van der Waals surface area contributed by atoms with Crippen LogP contribution in [-0.2, 0) is 11.2 Å². The van der Waals surface area contributed by atoms with Crippen LogP contribution in [0.25, 0.3) is 0 Å². The van der Waals surface area contributed by atoms with E-state index in [4.69, 9.17) is 0 Å². The topological polar surface area (TPSA) is 54.9 Å². The summed E-state index contributed by atoms with van der Waals surface area (Å²) in [6, 6.07) is 9.24. The summed E-state index contributed by atoms with van der Waals surface area (Å²) in [6.45, 7) is 0. The number of nitrogens with zero attached hydrogens (tertiary/aromatic N) is 2. The van der Waals surface area contributed by atoms with Crippen LogP contribution in [0.3, 0.4) is 0 Å². The summed E-state index contributed by atoms with van der Waals surface area (Å²) in [5.41, 5.74) is 1.06. The fraction of sp³-hybridized carbons (Fsp3) is 0.154. The molecular weight excluding hydrogens is 214 g/mol. The molecule has 0 unspecified atom stereocenters. The fourth-order valence-corrected chi connectivity index (χ4v) is 1.45. The zero-order chi connectivity index (χ0) is 11.9. The first-order valence-corrected chi connectivity index (χ1v) is 5.44. The Kier molecular flexibility index (Phi) is 3.81. The number of carbonyl (C=O) groups is 1. The Morgan fingerprint density at radius 2 is 2.12 bits per heavy atom. The lowest BCUT2D eigenvalue weighted by Crippen LogP contribution is -2.13. The summed E-state index contributed by atoms with van der Waals surface area (Å²) in [5, 5.41) is 2.74. The Morgan fingerprint density at radius 3 is 2.82 bits per heavy atom. The number of amides is 1. The molecule has 0 bridgehead atoms. The SMILES string of the molecule is O=C(CCc1cccnc1)Nc1ccccn1. The first kappa shape index (κ1) is 11.3. The Hall–Kier alpha value is -2.23. The van der Waals surface area contributed by atoms with Crippen LogP contribution in [-0.4, -0.2) is 15.9 Å². The van der Waals surface area contributed by atoms with E-state index in [9.17, 15) is 4.79 Å². The van der Waals surface area contributed by atoms with Crippen LogP contribution in [0.1, 0.15) is 12.0 Å². The predicted molar refractivity (Wildman–Crippen MR) is 65.4 cm³/mol. The number of hydrogen-bond acceptors (Lipinski definition) is 3. The lowest BCUT2D eigenvalue weighted by molar-refractivity contribution is -0.116. The van der Waals surface area contributed by atoms with Crippen molar-refractivity contribution in [2.24, 2.45) is 0 Å². The summed E-state index contributed by atoms with van der Waals surface area (Å²) in [7, 11) is 0. The van der Waals surface area contributed by atoms with Gasteiger partial charge in [-0.1, -0.05) is 12.1 Å². The molecule has 4 nitrogen and oxygen atoms in total. The molecule has 0 aliphatic heterocycles. The van der Waals surface area contributed by atoms with Crippen molar-refractivity contribution < 1.29 is 4.79 Å². The number of rotatable bonds is 4. The number of aromatic nitrogens is 2. The second-order valence-corrected chi connectivity index (χ2v) is 3.62. The minimum Gasteiger partial charge on any atom is -0.311 e. The normalized spacial score (nSPS) is 9.88. The zero-order valence-corrected chi connectivity index (χ0v) is 9.34. The van der Waals surface area contributed by atoms with Gasteiger partial charge >= 0.3 is 0 Å². The van der Waals surface area contributed by atoms with Gasteiger partial charge in [-0.3, -0.25) is 9.78 Å². The number of anilines is 1. The van der Waals surface area contributed by atoms with Gasteiger partial charge in [0.2, 0.25) is 5.91 Å². The highest BCUT2D eigenvalue weighted by Gasteiger charge is 2.03. The van der Waals surface area contributed by atoms with Gasteiger partial charge in [-0.25, -0.2) is 4.98 Å². The third kappa shape index (κ3) is 3.68. The molecule has 2 aromatic rings. The quantitative estimate of drug-likeness (QED) is 0.869. The van der Waals surface area contributed by atoms with E-state index < -0.39 is 0 Å². The summed E-state index contributed by atoms with van der Waals surface area (Å²) in [5.74, 6) is 0.552. The molecule has 2 aromatic heterocycles. The molecule has 17 heavy (non-hydrogen) atoms. The Bertz CT molecular complexity index is 471. The molecule has 1 N–H and O–H groups in total. The van der Waals surface area contributed by atoms with Gasteiger partial charge in [-0.05, 0) is 30.2 Å². The van der Waals surface area contributed by atoms with Gasteiger partial charge in [-0.15, -0.1) is 0 Å². The van der Waals surface area contributed by atoms with E-state index in [1.807, 2.05) is 24.3 Å². The minimum absolute atomic E-state index is 0.0347. The maximum Gasteiger partial charge on any atom is 0.225 e. The van der Waals surface area contributed by atoms with Crippen LogP contribution in [0.5, 0.6) is 0 Å². The van der Waals surface area contributed by atoms with Gasteiger partial charge in [0.1, 0.15) is 5.82 Å². The maximum atomic E-state index is 11.6. The van der Waals surface area contributed by atoms with Gasteiger partial charge in [0.05, 0.1) is 0 Å².